The molecule has 1 aromatic carbocycles. The lowest BCUT2D eigenvalue weighted by Gasteiger charge is -2.28. The van der Waals surface area contributed by atoms with Crippen LogP contribution in [0.15, 0.2) is 41.8 Å². The molecule has 0 aliphatic rings. The number of hydrogen-bond donors (Lipinski definition) is 1. The topological polar surface area (TPSA) is 32.3 Å². The summed E-state index contributed by atoms with van der Waals surface area (Å²) in [5.74, 6) is 0.181. The number of nitrogens with one attached hydrogen (secondary N) is 1. The third-order valence-corrected chi connectivity index (χ3v) is 4.90. The number of carbonyl (C=O) groups is 1. The lowest BCUT2D eigenvalue weighted by atomic mass is 10.1. The number of thiophene rings is 1. The summed E-state index contributed by atoms with van der Waals surface area (Å²) in [5.41, 5.74) is 2.72. The van der Waals surface area contributed by atoms with E-state index in [4.69, 9.17) is 0 Å². The Morgan fingerprint density at radius 3 is 2.70 bits per heavy atom. The average molecular weight is 330 g/mol. The van der Waals surface area contributed by atoms with Crippen LogP contribution in [0.5, 0.6) is 0 Å². The smallest absolute Gasteiger partial charge is 0.227 e. The summed E-state index contributed by atoms with van der Waals surface area (Å²) in [6.45, 7) is 7.90. The van der Waals surface area contributed by atoms with Crippen LogP contribution in [0.3, 0.4) is 0 Å². The van der Waals surface area contributed by atoms with Gasteiger partial charge in [0.25, 0.3) is 0 Å². The molecule has 2 rings (SSSR count). The number of anilines is 1. The molecule has 124 valence electrons. The van der Waals surface area contributed by atoms with Gasteiger partial charge in [0.2, 0.25) is 5.91 Å². The predicted octanol–water partition coefficient (Wildman–Crippen LogP) is 4.02. The first-order valence-electron chi connectivity index (χ1n) is 8.24. The summed E-state index contributed by atoms with van der Waals surface area (Å²) in [7, 11) is 0. The molecule has 3 nitrogen and oxygen atoms in total. The maximum absolute atomic E-state index is 12.3. The van der Waals surface area contributed by atoms with Crippen LogP contribution < -0.4 is 10.2 Å². The maximum Gasteiger partial charge on any atom is 0.227 e. The zero-order valence-corrected chi connectivity index (χ0v) is 15.0. The van der Waals surface area contributed by atoms with Gasteiger partial charge < -0.3 is 5.32 Å². The van der Waals surface area contributed by atoms with E-state index in [-0.39, 0.29) is 11.9 Å². The van der Waals surface area contributed by atoms with Crippen molar-refractivity contribution in [3.05, 3.63) is 52.9 Å². The van der Waals surface area contributed by atoms with E-state index in [1.54, 1.807) is 11.3 Å². The van der Waals surface area contributed by atoms with Crippen LogP contribution in [0.4, 0.5) is 5.00 Å². The average Bonchev–Trinajstić information content (AvgIpc) is 3.07. The van der Waals surface area contributed by atoms with Gasteiger partial charge in [0, 0.05) is 19.0 Å². The predicted molar refractivity (Wildman–Crippen MR) is 99.3 cm³/mol. The van der Waals surface area contributed by atoms with E-state index in [1.165, 1.54) is 11.1 Å². The van der Waals surface area contributed by atoms with Gasteiger partial charge in [-0.2, -0.15) is 0 Å². The maximum atomic E-state index is 12.3. The fraction of sp³-hybridized carbons (Fsp3) is 0.421. The minimum atomic E-state index is 0.151. The molecule has 0 radical (unpaired) electrons. The number of hydrogen-bond acceptors (Lipinski definition) is 3. The van der Waals surface area contributed by atoms with E-state index in [9.17, 15) is 4.79 Å². The molecule has 2 aromatic rings. The molecule has 0 spiro atoms. The van der Waals surface area contributed by atoms with Gasteiger partial charge in [-0.25, -0.2) is 0 Å². The Labute approximate surface area is 143 Å². The number of carbonyl (C=O) groups excluding carboxylic acids is 1. The Bertz CT molecular complexity index is 610. The molecule has 1 heterocycles. The molecular weight excluding hydrogens is 304 g/mol. The Morgan fingerprint density at radius 1 is 1.26 bits per heavy atom. The third-order valence-electron chi connectivity index (χ3n) is 4.03. The van der Waals surface area contributed by atoms with Crippen molar-refractivity contribution in [3.63, 3.8) is 0 Å². The van der Waals surface area contributed by atoms with Crippen molar-refractivity contribution in [2.45, 2.75) is 39.7 Å². The molecule has 0 fully saturated rings. The molecule has 0 aliphatic carbocycles. The summed E-state index contributed by atoms with van der Waals surface area (Å²) < 4.78 is 0. The van der Waals surface area contributed by atoms with Gasteiger partial charge in [0.15, 0.2) is 0 Å². The lowest BCUT2D eigenvalue weighted by Crippen LogP contribution is -2.44. The minimum absolute atomic E-state index is 0.151. The van der Waals surface area contributed by atoms with Crippen molar-refractivity contribution in [2.24, 2.45) is 0 Å². The number of amides is 1. The van der Waals surface area contributed by atoms with Crippen molar-refractivity contribution in [2.75, 3.05) is 18.0 Å². The molecule has 0 saturated carbocycles. The molecule has 1 unspecified atom stereocenters. The Balaban J connectivity index is 1.86. The van der Waals surface area contributed by atoms with Crippen molar-refractivity contribution < 1.29 is 4.79 Å². The summed E-state index contributed by atoms with van der Waals surface area (Å²) in [6, 6.07) is 12.6. The van der Waals surface area contributed by atoms with E-state index in [0.29, 0.717) is 6.42 Å². The molecule has 23 heavy (non-hydrogen) atoms. The Kier molecular flexibility index (Phi) is 6.81. The Hall–Kier alpha value is -1.65. The lowest BCUT2D eigenvalue weighted by molar-refractivity contribution is -0.118. The molecule has 1 amide bonds. The van der Waals surface area contributed by atoms with Crippen LogP contribution in [-0.2, 0) is 11.2 Å². The quantitative estimate of drug-likeness (QED) is 0.742. The van der Waals surface area contributed by atoms with E-state index < -0.39 is 0 Å². The summed E-state index contributed by atoms with van der Waals surface area (Å²) in [4.78, 5) is 14.2. The highest BCUT2D eigenvalue weighted by Gasteiger charge is 2.21. The first-order chi connectivity index (χ1) is 11.1. The van der Waals surface area contributed by atoms with E-state index in [0.717, 1.165) is 24.5 Å². The molecule has 0 aliphatic heterocycles. The van der Waals surface area contributed by atoms with Gasteiger partial charge in [0.05, 0.1) is 5.00 Å². The van der Waals surface area contributed by atoms with Crippen molar-refractivity contribution >= 4 is 22.2 Å². The first kappa shape index (κ1) is 17.7. The number of benzene rings is 1. The second-order valence-corrected chi connectivity index (χ2v) is 6.72. The second-order valence-electron chi connectivity index (χ2n) is 5.80. The fourth-order valence-corrected chi connectivity index (χ4v) is 3.53. The van der Waals surface area contributed by atoms with Gasteiger partial charge in [-0.15, -0.1) is 11.3 Å². The molecule has 1 aromatic heterocycles. The summed E-state index contributed by atoms with van der Waals surface area (Å²) in [6.07, 6.45) is 1.55. The Morgan fingerprint density at radius 2 is 2.04 bits per heavy atom. The first-order valence-corrected chi connectivity index (χ1v) is 9.12. The number of rotatable bonds is 8. The van der Waals surface area contributed by atoms with Crippen LogP contribution in [0, 0.1) is 6.92 Å². The SMILES string of the molecule is CCC(=O)N(c1cccs1)C(C)CNCCc1ccccc1C. The largest absolute Gasteiger partial charge is 0.314 e. The number of aryl methyl sites for hydroxylation is 1. The van der Waals surface area contributed by atoms with Crippen LogP contribution in [0.1, 0.15) is 31.4 Å². The molecule has 0 saturated heterocycles. The molecular formula is C19H26N2OS. The van der Waals surface area contributed by atoms with Gasteiger partial charge in [-0.05, 0) is 55.5 Å². The zero-order chi connectivity index (χ0) is 16.7. The van der Waals surface area contributed by atoms with E-state index in [1.807, 2.05) is 29.3 Å². The molecule has 0 bridgehead atoms. The van der Waals surface area contributed by atoms with Gasteiger partial charge in [-0.3, -0.25) is 9.69 Å². The normalized spacial score (nSPS) is 12.1. The molecule has 1 N–H and O–H groups in total. The fourth-order valence-electron chi connectivity index (χ4n) is 2.68. The van der Waals surface area contributed by atoms with Crippen molar-refractivity contribution in [1.29, 1.82) is 0 Å². The van der Waals surface area contributed by atoms with Crippen LogP contribution >= 0.6 is 11.3 Å². The summed E-state index contributed by atoms with van der Waals surface area (Å²) in [5, 5.41) is 6.54. The van der Waals surface area contributed by atoms with Crippen LogP contribution in [0.2, 0.25) is 0 Å². The summed E-state index contributed by atoms with van der Waals surface area (Å²) >= 11 is 1.62. The third kappa shape index (κ3) is 4.91. The minimum Gasteiger partial charge on any atom is -0.314 e. The van der Waals surface area contributed by atoms with Crippen molar-refractivity contribution in [3.8, 4) is 0 Å². The highest BCUT2D eigenvalue weighted by atomic mass is 32.1. The van der Waals surface area contributed by atoms with Gasteiger partial charge in [0.1, 0.15) is 0 Å². The van der Waals surface area contributed by atoms with E-state index in [2.05, 4.69) is 43.4 Å². The highest BCUT2D eigenvalue weighted by molar-refractivity contribution is 7.14. The van der Waals surface area contributed by atoms with E-state index >= 15 is 0 Å². The number of nitrogens with zero attached hydrogens (tertiary/aromatic N) is 1. The molecule has 4 heteroatoms. The van der Waals surface area contributed by atoms with Crippen molar-refractivity contribution in [1.82, 2.24) is 5.32 Å². The van der Waals surface area contributed by atoms with Crippen LogP contribution in [-0.4, -0.2) is 25.0 Å². The zero-order valence-electron chi connectivity index (χ0n) is 14.2. The highest BCUT2D eigenvalue weighted by Crippen LogP contribution is 2.24. The van der Waals surface area contributed by atoms with Crippen LogP contribution in [0.25, 0.3) is 0 Å². The van der Waals surface area contributed by atoms with Gasteiger partial charge >= 0.3 is 0 Å². The van der Waals surface area contributed by atoms with Gasteiger partial charge in [-0.1, -0.05) is 31.2 Å². The second kappa shape index (κ2) is 8.85. The monoisotopic (exact) mass is 330 g/mol. The standard InChI is InChI=1S/C19H26N2OS/c1-4-18(22)21(19-10-7-13-23-19)16(3)14-20-12-11-17-9-6-5-8-15(17)2/h5-10,13,16,20H,4,11-12,14H2,1-3H3. The molecule has 1 atom stereocenters.